The Morgan fingerprint density at radius 2 is 1.76 bits per heavy atom. The monoisotopic (exact) mass is 248 g/mol. The summed E-state index contributed by atoms with van der Waals surface area (Å²) in [6.07, 6.45) is 0. The van der Waals surface area contributed by atoms with Crippen LogP contribution in [0.3, 0.4) is 0 Å². The Bertz CT molecular complexity index is 480. The highest BCUT2D eigenvalue weighted by Gasteiger charge is 1.97. The van der Waals surface area contributed by atoms with Crippen molar-refractivity contribution in [3.8, 4) is 5.75 Å². The van der Waals surface area contributed by atoms with E-state index in [1.807, 2.05) is 48.5 Å². The molecule has 0 radical (unpaired) electrons. The molecule has 3 heteroatoms. The van der Waals surface area contributed by atoms with Gasteiger partial charge in [-0.25, -0.2) is 0 Å². The van der Waals surface area contributed by atoms with Crippen LogP contribution in [0.5, 0.6) is 5.75 Å². The molecule has 2 aromatic carbocycles. The maximum absolute atomic E-state index is 9.01. The average molecular weight is 249 g/mol. The van der Waals surface area contributed by atoms with Gasteiger partial charge in [0.05, 0.1) is 6.61 Å². The molecule has 0 heterocycles. The van der Waals surface area contributed by atoms with Crippen molar-refractivity contribution in [1.29, 1.82) is 0 Å². The molecule has 0 fully saturated rings. The fourth-order valence-corrected chi connectivity index (χ4v) is 1.61. The van der Waals surface area contributed by atoms with E-state index in [4.69, 9.17) is 21.4 Å². The predicted molar refractivity (Wildman–Crippen MR) is 68.1 cm³/mol. The van der Waals surface area contributed by atoms with Gasteiger partial charge in [0.15, 0.2) is 0 Å². The smallest absolute Gasteiger partial charge is 0.120 e. The van der Waals surface area contributed by atoms with Crippen molar-refractivity contribution in [3.63, 3.8) is 0 Å². The third-order valence-electron chi connectivity index (χ3n) is 2.40. The van der Waals surface area contributed by atoms with Crippen molar-refractivity contribution >= 4 is 11.6 Å². The normalized spacial score (nSPS) is 10.2. The summed E-state index contributed by atoms with van der Waals surface area (Å²) in [6.45, 7) is 0.518. The minimum Gasteiger partial charge on any atom is -0.489 e. The van der Waals surface area contributed by atoms with Gasteiger partial charge in [-0.3, -0.25) is 0 Å². The van der Waals surface area contributed by atoms with E-state index in [1.165, 1.54) is 0 Å². The summed E-state index contributed by atoms with van der Waals surface area (Å²) in [7, 11) is 0. The highest BCUT2D eigenvalue weighted by Crippen LogP contribution is 2.16. The van der Waals surface area contributed by atoms with E-state index in [9.17, 15) is 0 Å². The lowest BCUT2D eigenvalue weighted by atomic mass is 10.2. The first-order valence-corrected chi connectivity index (χ1v) is 5.73. The standard InChI is InChI=1S/C14H13ClO2/c15-13-6-4-11(5-7-13)10-17-14-3-1-2-12(8-14)9-16/h1-8,16H,9-10H2. The van der Waals surface area contributed by atoms with Gasteiger partial charge in [-0.1, -0.05) is 35.9 Å². The average Bonchev–Trinajstić information content (AvgIpc) is 2.38. The lowest BCUT2D eigenvalue weighted by Gasteiger charge is -2.07. The fraction of sp³-hybridized carbons (Fsp3) is 0.143. The highest BCUT2D eigenvalue weighted by atomic mass is 35.5. The van der Waals surface area contributed by atoms with Gasteiger partial charge in [0.2, 0.25) is 0 Å². The minimum atomic E-state index is 0.0259. The second-order valence-electron chi connectivity index (χ2n) is 3.72. The van der Waals surface area contributed by atoms with Crippen LogP contribution in [0.2, 0.25) is 5.02 Å². The molecule has 0 bridgehead atoms. The number of hydrogen-bond acceptors (Lipinski definition) is 2. The van der Waals surface area contributed by atoms with Crippen LogP contribution in [-0.4, -0.2) is 5.11 Å². The number of ether oxygens (including phenoxy) is 1. The van der Waals surface area contributed by atoms with Crippen LogP contribution in [0, 0.1) is 0 Å². The lowest BCUT2D eigenvalue weighted by Crippen LogP contribution is -1.95. The summed E-state index contributed by atoms with van der Waals surface area (Å²) in [6, 6.07) is 15.0. The molecule has 0 aliphatic carbocycles. The molecule has 0 aliphatic heterocycles. The first-order valence-electron chi connectivity index (χ1n) is 5.35. The van der Waals surface area contributed by atoms with Gasteiger partial charge in [0, 0.05) is 5.02 Å². The van der Waals surface area contributed by atoms with Crippen LogP contribution in [0.4, 0.5) is 0 Å². The minimum absolute atomic E-state index is 0.0259. The van der Waals surface area contributed by atoms with Gasteiger partial charge in [0.1, 0.15) is 12.4 Å². The van der Waals surface area contributed by atoms with E-state index in [0.717, 1.165) is 21.9 Å². The molecule has 88 valence electrons. The van der Waals surface area contributed by atoms with Crippen LogP contribution in [-0.2, 0) is 13.2 Å². The largest absolute Gasteiger partial charge is 0.489 e. The highest BCUT2D eigenvalue weighted by molar-refractivity contribution is 6.30. The third kappa shape index (κ3) is 3.48. The maximum Gasteiger partial charge on any atom is 0.120 e. The predicted octanol–water partition coefficient (Wildman–Crippen LogP) is 3.41. The molecular formula is C14H13ClO2. The van der Waals surface area contributed by atoms with Crippen molar-refractivity contribution in [2.45, 2.75) is 13.2 Å². The Balaban J connectivity index is 1.99. The van der Waals surface area contributed by atoms with Crippen molar-refractivity contribution < 1.29 is 9.84 Å². The van der Waals surface area contributed by atoms with Crippen molar-refractivity contribution in [2.75, 3.05) is 0 Å². The zero-order valence-electron chi connectivity index (χ0n) is 9.27. The van der Waals surface area contributed by atoms with Crippen LogP contribution in [0.1, 0.15) is 11.1 Å². The number of benzene rings is 2. The topological polar surface area (TPSA) is 29.5 Å². The molecule has 17 heavy (non-hydrogen) atoms. The zero-order valence-corrected chi connectivity index (χ0v) is 10.0. The van der Waals surface area contributed by atoms with Gasteiger partial charge in [-0.2, -0.15) is 0 Å². The first kappa shape index (κ1) is 12.0. The summed E-state index contributed by atoms with van der Waals surface area (Å²) < 4.78 is 5.62. The second kappa shape index (κ2) is 5.71. The van der Waals surface area contributed by atoms with Gasteiger partial charge in [-0.05, 0) is 35.4 Å². The first-order chi connectivity index (χ1) is 8.28. The summed E-state index contributed by atoms with van der Waals surface area (Å²) in [5, 5.41) is 9.73. The Morgan fingerprint density at radius 3 is 2.47 bits per heavy atom. The van der Waals surface area contributed by atoms with E-state index in [0.29, 0.717) is 6.61 Å². The molecule has 0 atom stereocenters. The van der Waals surface area contributed by atoms with Crippen molar-refractivity contribution in [2.24, 2.45) is 0 Å². The second-order valence-corrected chi connectivity index (χ2v) is 4.16. The van der Waals surface area contributed by atoms with Crippen LogP contribution in [0.25, 0.3) is 0 Å². The number of rotatable bonds is 4. The molecule has 0 aromatic heterocycles. The van der Waals surface area contributed by atoms with E-state index in [-0.39, 0.29) is 6.61 Å². The molecule has 2 nitrogen and oxygen atoms in total. The molecule has 1 N–H and O–H groups in total. The quantitative estimate of drug-likeness (QED) is 0.899. The Hall–Kier alpha value is -1.51. The molecule has 0 amide bonds. The Kier molecular flexibility index (Phi) is 4.02. The summed E-state index contributed by atoms with van der Waals surface area (Å²) in [5.41, 5.74) is 1.91. The lowest BCUT2D eigenvalue weighted by molar-refractivity contribution is 0.278. The van der Waals surface area contributed by atoms with E-state index in [2.05, 4.69) is 0 Å². The van der Waals surface area contributed by atoms with Crippen LogP contribution < -0.4 is 4.74 Å². The zero-order chi connectivity index (χ0) is 12.1. The number of aliphatic hydroxyl groups is 1. The summed E-state index contributed by atoms with van der Waals surface area (Å²) in [5.74, 6) is 0.756. The summed E-state index contributed by atoms with van der Waals surface area (Å²) >= 11 is 5.80. The molecule has 0 unspecified atom stereocenters. The molecule has 0 saturated heterocycles. The fourth-order valence-electron chi connectivity index (χ4n) is 1.48. The SMILES string of the molecule is OCc1cccc(OCc2ccc(Cl)cc2)c1. The molecular weight excluding hydrogens is 236 g/mol. The van der Waals surface area contributed by atoms with Gasteiger partial charge in [-0.15, -0.1) is 0 Å². The van der Waals surface area contributed by atoms with Gasteiger partial charge < -0.3 is 9.84 Å². The van der Waals surface area contributed by atoms with E-state index < -0.39 is 0 Å². The van der Waals surface area contributed by atoms with Crippen LogP contribution >= 0.6 is 11.6 Å². The van der Waals surface area contributed by atoms with Crippen molar-refractivity contribution in [1.82, 2.24) is 0 Å². The Morgan fingerprint density at radius 1 is 1.00 bits per heavy atom. The number of hydrogen-bond donors (Lipinski definition) is 1. The van der Waals surface area contributed by atoms with E-state index >= 15 is 0 Å². The molecule has 0 aliphatic rings. The molecule has 2 rings (SSSR count). The molecule has 0 spiro atoms. The van der Waals surface area contributed by atoms with Gasteiger partial charge in [0.25, 0.3) is 0 Å². The Labute approximate surface area is 105 Å². The molecule has 2 aromatic rings. The van der Waals surface area contributed by atoms with Gasteiger partial charge >= 0.3 is 0 Å². The number of aliphatic hydroxyl groups excluding tert-OH is 1. The molecule has 0 saturated carbocycles. The maximum atomic E-state index is 9.01. The van der Waals surface area contributed by atoms with Crippen molar-refractivity contribution in [3.05, 3.63) is 64.7 Å². The third-order valence-corrected chi connectivity index (χ3v) is 2.65. The van der Waals surface area contributed by atoms with E-state index in [1.54, 1.807) is 0 Å². The summed E-state index contributed by atoms with van der Waals surface area (Å²) in [4.78, 5) is 0. The van der Waals surface area contributed by atoms with Crippen LogP contribution in [0.15, 0.2) is 48.5 Å². The number of halogens is 1.